The Bertz CT molecular complexity index is 733. The molecule has 0 spiro atoms. The van der Waals surface area contributed by atoms with Gasteiger partial charge in [0.05, 0.1) is 15.1 Å². The highest BCUT2D eigenvalue weighted by Crippen LogP contribution is 2.31. The van der Waals surface area contributed by atoms with Crippen molar-refractivity contribution in [2.75, 3.05) is 6.54 Å². The zero-order chi connectivity index (χ0) is 15.5. The van der Waals surface area contributed by atoms with Crippen LogP contribution in [0, 0.1) is 0 Å². The molecule has 0 aliphatic heterocycles. The van der Waals surface area contributed by atoms with Gasteiger partial charge in [-0.15, -0.1) is 0 Å². The van der Waals surface area contributed by atoms with Crippen molar-refractivity contribution in [3.63, 3.8) is 0 Å². The van der Waals surface area contributed by atoms with E-state index >= 15 is 0 Å². The summed E-state index contributed by atoms with van der Waals surface area (Å²) in [4.78, 5) is -0.0772. The first-order valence-corrected chi connectivity index (χ1v) is 8.70. The Morgan fingerprint density at radius 2 is 1.52 bits per heavy atom. The zero-order valence-electron chi connectivity index (χ0n) is 10.8. The lowest BCUT2D eigenvalue weighted by atomic mass is 10.2. The minimum Gasteiger partial charge on any atom is -0.211 e. The third-order valence-corrected chi connectivity index (χ3v) is 5.46. The Kier molecular flexibility index (Phi) is 5.52. The maximum atomic E-state index is 12.2. The fourth-order valence-electron chi connectivity index (χ4n) is 1.76. The molecule has 0 atom stereocenters. The normalized spacial score (nSPS) is 11.6. The molecule has 0 aliphatic rings. The summed E-state index contributed by atoms with van der Waals surface area (Å²) in [5.74, 6) is 0. The minimum atomic E-state index is -3.73. The Balaban J connectivity index is 2.10. The van der Waals surface area contributed by atoms with Crippen LogP contribution < -0.4 is 4.72 Å². The second kappa shape index (κ2) is 6.99. The summed E-state index contributed by atoms with van der Waals surface area (Å²) >= 11 is 17.5. The number of hydrogen-bond donors (Lipinski definition) is 1. The molecule has 3 nitrogen and oxygen atoms in total. The lowest BCUT2D eigenvalue weighted by Crippen LogP contribution is -2.26. The fourth-order valence-corrected chi connectivity index (χ4v) is 3.79. The molecule has 7 heteroatoms. The van der Waals surface area contributed by atoms with Crippen molar-refractivity contribution in [1.29, 1.82) is 0 Å². The highest BCUT2D eigenvalue weighted by molar-refractivity contribution is 7.89. The Morgan fingerprint density at radius 3 is 2.19 bits per heavy atom. The van der Waals surface area contributed by atoms with Crippen LogP contribution in [-0.4, -0.2) is 15.0 Å². The van der Waals surface area contributed by atoms with Gasteiger partial charge in [-0.1, -0.05) is 65.1 Å². The summed E-state index contributed by atoms with van der Waals surface area (Å²) in [6, 6.07) is 12.1. The predicted octanol–water partition coefficient (Wildman–Crippen LogP) is 4.17. The molecule has 21 heavy (non-hydrogen) atoms. The van der Waals surface area contributed by atoms with E-state index in [1.165, 1.54) is 12.1 Å². The largest absolute Gasteiger partial charge is 0.242 e. The number of nitrogens with one attached hydrogen (secondary N) is 1. The molecular weight excluding hydrogens is 353 g/mol. The SMILES string of the molecule is O=S(=O)(NCCc1ccccc1)c1cc(Cl)c(Cl)cc1Cl. The van der Waals surface area contributed by atoms with Crippen LogP contribution in [0.25, 0.3) is 0 Å². The average molecular weight is 365 g/mol. The third-order valence-electron chi connectivity index (χ3n) is 2.81. The monoisotopic (exact) mass is 363 g/mol. The van der Waals surface area contributed by atoms with Gasteiger partial charge in [0.1, 0.15) is 4.90 Å². The van der Waals surface area contributed by atoms with Gasteiger partial charge in [-0.2, -0.15) is 0 Å². The van der Waals surface area contributed by atoms with Gasteiger partial charge in [0, 0.05) is 6.54 Å². The van der Waals surface area contributed by atoms with Gasteiger partial charge in [0.15, 0.2) is 0 Å². The molecular formula is C14H12Cl3NO2S. The molecule has 0 aliphatic carbocycles. The van der Waals surface area contributed by atoms with E-state index in [0.717, 1.165) is 5.56 Å². The van der Waals surface area contributed by atoms with E-state index in [4.69, 9.17) is 34.8 Å². The zero-order valence-corrected chi connectivity index (χ0v) is 13.9. The van der Waals surface area contributed by atoms with Gasteiger partial charge in [-0.05, 0) is 24.1 Å². The minimum absolute atomic E-state index is 0.0385. The highest BCUT2D eigenvalue weighted by Gasteiger charge is 2.19. The molecule has 0 saturated carbocycles. The second-order valence-electron chi connectivity index (χ2n) is 4.33. The van der Waals surface area contributed by atoms with E-state index in [9.17, 15) is 8.42 Å². The molecule has 0 saturated heterocycles. The van der Waals surface area contributed by atoms with Gasteiger partial charge in [0.2, 0.25) is 10.0 Å². The van der Waals surface area contributed by atoms with Crippen molar-refractivity contribution in [3.8, 4) is 0 Å². The summed E-state index contributed by atoms with van der Waals surface area (Å²) in [6.07, 6.45) is 0.582. The summed E-state index contributed by atoms with van der Waals surface area (Å²) < 4.78 is 26.9. The van der Waals surface area contributed by atoms with Gasteiger partial charge in [0.25, 0.3) is 0 Å². The lowest BCUT2D eigenvalue weighted by molar-refractivity contribution is 0.581. The Morgan fingerprint density at radius 1 is 0.905 bits per heavy atom. The summed E-state index contributed by atoms with van der Waals surface area (Å²) in [5.41, 5.74) is 1.04. The Hall–Kier alpha value is -0.780. The van der Waals surface area contributed by atoms with Crippen LogP contribution in [0.1, 0.15) is 5.56 Å². The number of hydrogen-bond acceptors (Lipinski definition) is 2. The number of rotatable bonds is 5. The Labute approximate surface area is 138 Å². The highest BCUT2D eigenvalue weighted by atomic mass is 35.5. The standard InChI is InChI=1S/C14H12Cl3NO2S/c15-11-8-13(17)14(9-12(11)16)21(19,20)18-7-6-10-4-2-1-3-5-10/h1-5,8-9,18H,6-7H2. The molecule has 2 rings (SSSR count). The van der Waals surface area contributed by atoms with Gasteiger partial charge >= 0.3 is 0 Å². The van der Waals surface area contributed by atoms with E-state index in [2.05, 4.69) is 4.72 Å². The van der Waals surface area contributed by atoms with Gasteiger partial charge < -0.3 is 0 Å². The molecule has 2 aromatic rings. The summed E-state index contributed by atoms with van der Waals surface area (Å²) in [6.45, 7) is 0.267. The van der Waals surface area contributed by atoms with Crippen LogP contribution in [-0.2, 0) is 16.4 Å². The maximum Gasteiger partial charge on any atom is 0.242 e. The van der Waals surface area contributed by atoms with Crippen molar-refractivity contribution in [2.24, 2.45) is 0 Å². The molecule has 0 heterocycles. The average Bonchev–Trinajstić information content (AvgIpc) is 2.43. The molecule has 0 aromatic heterocycles. The van der Waals surface area contributed by atoms with Crippen molar-refractivity contribution in [2.45, 2.75) is 11.3 Å². The first-order valence-electron chi connectivity index (χ1n) is 6.08. The molecule has 0 bridgehead atoms. The first kappa shape index (κ1) is 16.6. The quantitative estimate of drug-likeness (QED) is 0.809. The fraction of sp³-hybridized carbons (Fsp3) is 0.143. The third kappa shape index (κ3) is 4.34. The van der Waals surface area contributed by atoms with E-state index in [0.29, 0.717) is 6.42 Å². The molecule has 1 N–H and O–H groups in total. The molecule has 0 fully saturated rings. The van der Waals surface area contributed by atoms with Crippen molar-refractivity contribution < 1.29 is 8.42 Å². The molecule has 2 aromatic carbocycles. The smallest absolute Gasteiger partial charge is 0.211 e. The number of sulfonamides is 1. The molecule has 0 unspecified atom stereocenters. The van der Waals surface area contributed by atoms with E-state index in [1.807, 2.05) is 30.3 Å². The van der Waals surface area contributed by atoms with Crippen LogP contribution in [0.5, 0.6) is 0 Å². The van der Waals surface area contributed by atoms with E-state index in [1.54, 1.807) is 0 Å². The van der Waals surface area contributed by atoms with Crippen LogP contribution in [0.2, 0.25) is 15.1 Å². The van der Waals surface area contributed by atoms with E-state index < -0.39 is 10.0 Å². The number of halogens is 3. The predicted molar refractivity (Wildman–Crippen MR) is 86.8 cm³/mol. The summed E-state index contributed by atoms with van der Waals surface area (Å²) in [7, 11) is -3.73. The van der Waals surface area contributed by atoms with Gasteiger partial charge in [-0.25, -0.2) is 13.1 Å². The first-order chi connectivity index (χ1) is 9.90. The second-order valence-corrected chi connectivity index (χ2v) is 7.29. The van der Waals surface area contributed by atoms with Crippen LogP contribution in [0.4, 0.5) is 0 Å². The van der Waals surface area contributed by atoms with Crippen LogP contribution in [0.15, 0.2) is 47.4 Å². The molecule has 0 radical (unpaired) electrons. The lowest BCUT2D eigenvalue weighted by Gasteiger charge is -2.09. The molecule has 112 valence electrons. The van der Waals surface area contributed by atoms with Crippen molar-refractivity contribution in [3.05, 3.63) is 63.1 Å². The topological polar surface area (TPSA) is 46.2 Å². The van der Waals surface area contributed by atoms with Crippen molar-refractivity contribution in [1.82, 2.24) is 4.72 Å². The van der Waals surface area contributed by atoms with Crippen LogP contribution >= 0.6 is 34.8 Å². The van der Waals surface area contributed by atoms with E-state index in [-0.39, 0.29) is 26.5 Å². The number of benzene rings is 2. The molecule has 0 amide bonds. The van der Waals surface area contributed by atoms with Crippen molar-refractivity contribution >= 4 is 44.8 Å². The summed E-state index contributed by atoms with van der Waals surface area (Å²) in [5, 5.41) is 0.394. The van der Waals surface area contributed by atoms with Gasteiger partial charge in [-0.3, -0.25) is 0 Å². The van der Waals surface area contributed by atoms with Crippen LogP contribution in [0.3, 0.4) is 0 Å². The maximum absolute atomic E-state index is 12.2.